The molecule has 0 aliphatic carbocycles. The normalized spacial score (nSPS) is 16.6. The maximum Gasteiger partial charge on any atom is 0.305 e. The average molecular weight is 273 g/mol. The van der Waals surface area contributed by atoms with E-state index >= 15 is 0 Å². The van der Waals surface area contributed by atoms with Crippen LogP contribution in [-0.2, 0) is 9.53 Å². The number of carbonyl (C=O) groups is 1. The van der Waals surface area contributed by atoms with Gasteiger partial charge in [0.25, 0.3) is 0 Å². The van der Waals surface area contributed by atoms with Crippen molar-refractivity contribution in [1.82, 2.24) is 0 Å². The molecule has 20 heavy (non-hydrogen) atoms. The Bertz CT molecular complexity index is 453. The topological polar surface area (TPSA) is 38.7 Å². The van der Waals surface area contributed by atoms with Crippen LogP contribution in [0.2, 0.25) is 0 Å². The zero-order valence-electron chi connectivity index (χ0n) is 12.2. The van der Waals surface area contributed by atoms with E-state index in [0.29, 0.717) is 13.0 Å². The molecule has 0 aromatic heterocycles. The van der Waals surface area contributed by atoms with Crippen molar-refractivity contribution in [2.45, 2.75) is 51.5 Å². The number of benzene rings is 1. The zero-order chi connectivity index (χ0) is 14.2. The molecule has 0 saturated carbocycles. The van der Waals surface area contributed by atoms with Gasteiger partial charge >= 0.3 is 5.97 Å². The van der Waals surface area contributed by atoms with Crippen LogP contribution in [0.1, 0.15) is 51.0 Å². The largest absolute Gasteiger partial charge is 0.463 e. The minimum Gasteiger partial charge on any atom is -0.463 e. The molecule has 1 aromatic rings. The fourth-order valence-corrected chi connectivity index (χ4v) is 2.24. The zero-order valence-corrected chi connectivity index (χ0v) is 12.2. The highest BCUT2D eigenvalue weighted by atomic mass is 16.5. The van der Waals surface area contributed by atoms with Gasteiger partial charge in [-0.1, -0.05) is 62.9 Å². The standard InChI is InChI=1S/C17H23NO2/c1-2-3-4-5-9-12-16(19)20-13-15-17(18-15)14-10-7-6-8-11-14/h6-8,10-11,15H,2-5,9,12-13H2,1H3/t15-/m0/s1. The lowest BCUT2D eigenvalue weighted by Crippen LogP contribution is -2.13. The van der Waals surface area contributed by atoms with Gasteiger partial charge < -0.3 is 4.74 Å². The van der Waals surface area contributed by atoms with Crippen molar-refractivity contribution in [2.75, 3.05) is 6.61 Å². The molecule has 0 spiro atoms. The first-order chi connectivity index (χ1) is 9.81. The maximum atomic E-state index is 11.6. The number of ether oxygens (including phenoxy) is 1. The molecule has 0 amide bonds. The van der Waals surface area contributed by atoms with Crippen LogP contribution in [0, 0.1) is 0 Å². The van der Waals surface area contributed by atoms with Crippen molar-refractivity contribution < 1.29 is 9.53 Å². The van der Waals surface area contributed by atoms with Gasteiger partial charge in [-0.15, -0.1) is 0 Å². The molecule has 1 atom stereocenters. The molecule has 1 heterocycles. The molecule has 3 nitrogen and oxygen atoms in total. The van der Waals surface area contributed by atoms with Crippen LogP contribution >= 0.6 is 0 Å². The number of hydrogen-bond donors (Lipinski definition) is 0. The van der Waals surface area contributed by atoms with E-state index in [2.05, 4.69) is 11.9 Å². The lowest BCUT2D eigenvalue weighted by Gasteiger charge is -2.03. The second-order valence-electron chi connectivity index (χ2n) is 5.24. The molecule has 0 unspecified atom stereocenters. The third kappa shape index (κ3) is 4.80. The Kier molecular flexibility index (Phi) is 5.78. The van der Waals surface area contributed by atoms with Crippen LogP contribution in [0.25, 0.3) is 0 Å². The van der Waals surface area contributed by atoms with E-state index in [1.165, 1.54) is 19.3 Å². The summed E-state index contributed by atoms with van der Waals surface area (Å²) in [5.74, 6) is -0.0870. The SMILES string of the molecule is CCCCCCCC(=O)OC[C@@H]1N=C1c1ccccc1. The van der Waals surface area contributed by atoms with Gasteiger partial charge in [0.2, 0.25) is 0 Å². The van der Waals surface area contributed by atoms with E-state index in [1.54, 1.807) is 0 Å². The maximum absolute atomic E-state index is 11.6. The van der Waals surface area contributed by atoms with Crippen LogP contribution < -0.4 is 0 Å². The summed E-state index contributed by atoms with van der Waals surface area (Å²) in [5.41, 5.74) is 2.19. The third-order valence-corrected chi connectivity index (χ3v) is 3.50. The van der Waals surface area contributed by atoms with Gasteiger partial charge in [0.05, 0.1) is 5.71 Å². The Balaban J connectivity index is 1.55. The Morgan fingerprint density at radius 2 is 1.90 bits per heavy atom. The highest BCUT2D eigenvalue weighted by Crippen LogP contribution is 2.20. The van der Waals surface area contributed by atoms with E-state index < -0.39 is 0 Å². The van der Waals surface area contributed by atoms with Crippen LogP contribution in [-0.4, -0.2) is 24.3 Å². The van der Waals surface area contributed by atoms with Crippen molar-refractivity contribution in [3.8, 4) is 0 Å². The summed E-state index contributed by atoms with van der Waals surface area (Å²) in [6.07, 6.45) is 6.30. The van der Waals surface area contributed by atoms with Crippen molar-refractivity contribution in [3.05, 3.63) is 35.9 Å². The van der Waals surface area contributed by atoms with Gasteiger partial charge in [-0.2, -0.15) is 0 Å². The van der Waals surface area contributed by atoms with Gasteiger partial charge in [-0.25, -0.2) is 0 Å². The van der Waals surface area contributed by atoms with Gasteiger partial charge in [0, 0.05) is 6.42 Å². The van der Waals surface area contributed by atoms with Crippen LogP contribution in [0.3, 0.4) is 0 Å². The molecular weight excluding hydrogens is 250 g/mol. The molecule has 2 rings (SSSR count). The van der Waals surface area contributed by atoms with E-state index in [1.807, 2.05) is 30.3 Å². The van der Waals surface area contributed by atoms with Gasteiger partial charge in [-0.3, -0.25) is 9.79 Å². The molecule has 1 aliphatic rings. The van der Waals surface area contributed by atoms with Crippen LogP contribution in [0.4, 0.5) is 0 Å². The highest BCUT2D eigenvalue weighted by Gasteiger charge is 2.29. The summed E-state index contributed by atoms with van der Waals surface area (Å²) in [6, 6.07) is 10.1. The molecule has 0 radical (unpaired) electrons. The number of unbranched alkanes of at least 4 members (excludes halogenated alkanes) is 4. The number of hydrogen-bond acceptors (Lipinski definition) is 3. The minimum atomic E-state index is -0.0870. The van der Waals surface area contributed by atoms with E-state index in [4.69, 9.17) is 4.74 Å². The summed E-state index contributed by atoms with van der Waals surface area (Å²) in [6.45, 7) is 2.59. The van der Waals surface area contributed by atoms with Crippen molar-refractivity contribution >= 4 is 11.7 Å². The molecule has 0 N–H and O–H groups in total. The number of rotatable bonds is 9. The first kappa shape index (κ1) is 14.8. The number of esters is 1. The van der Waals surface area contributed by atoms with Gasteiger partial charge in [-0.05, 0) is 12.0 Å². The highest BCUT2D eigenvalue weighted by molar-refractivity contribution is 6.13. The van der Waals surface area contributed by atoms with Crippen molar-refractivity contribution in [3.63, 3.8) is 0 Å². The quantitative estimate of drug-likeness (QED) is 0.507. The second-order valence-corrected chi connectivity index (χ2v) is 5.24. The summed E-state index contributed by atoms with van der Waals surface area (Å²) >= 11 is 0. The van der Waals surface area contributed by atoms with E-state index in [9.17, 15) is 4.79 Å². The Morgan fingerprint density at radius 3 is 2.65 bits per heavy atom. The summed E-state index contributed by atoms with van der Waals surface area (Å²) in [4.78, 5) is 15.9. The summed E-state index contributed by atoms with van der Waals surface area (Å²) in [7, 11) is 0. The Morgan fingerprint density at radius 1 is 1.15 bits per heavy atom. The van der Waals surface area contributed by atoms with E-state index in [-0.39, 0.29) is 12.0 Å². The molecule has 0 bridgehead atoms. The molecule has 0 saturated heterocycles. The molecule has 1 aromatic carbocycles. The predicted molar refractivity (Wildman–Crippen MR) is 81.1 cm³/mol. The summed E-state index contributed by atoms with van der Waals surface area (Å²) in [5, 5.41) is 0. The van der Waals surface area contributed by atoms with E-state index in [0.717, 1.165) is 24.1 Å². The van der Waals surface area contributed by atoms with Crippen LogP contribution in [0.15, 0.2) is 35.3 Å². The molecule has 3 heteroatoms. The van der Waals surface area contributed by atoms with Crippen molar-refractivity contribution in [1.29, 1.82) is 0 Å². The average Bonchev–Trinajstić information content (AvgIpc) is 3.25. The second kappa shape index (κ2) is 7.83. The smallest absolute Gasteiger partial charge is 0.305 e. The third-order valence-electron chi connectivity index (χ3n) is 3.50. The van der Waals surface area contributed by atoms with Crippen LogP contribution in [0.5, 0.6) is 0 Å². The summed E-state index contributed by atoms with van der Waals surface area (Å²) < 4.78 is 5.27. The fourth-order valence-electron chi connectivity index (χ4n) is 2.24. The first-order valence-electron chi connectivity index (χ1n) is 7.60. The van der Waals surface area contributed by atoms with Gasteiger partial charge in [0.15, 0.2) is 0 Å². The van der Waals surface area contributed by atoms with Gasteiger partial charge in [0.1, 0.15) is 12.6 Å². The number of carbonyl (C=O) groups excluding carboxylic acids is 1. The fraction of sp³-hybridized carbons (Fsp3) is 0.529. The lowest BCUT2D eigenvalue weighted by molar-refractivity contribution is -0.143. The molecule has 0 fully saturated rings. The predicted octanol–water partition coefficient (Wildman–Crippen LogP) is 3.76. The lowest BCUT2D eigenvalue weighted by atomic mass is 10.1. The minimum absolute atomic E-state index is 0.0847. The Labute approximate surface area is 121 Å². The molecular formula is C17H23NO2. The monoisotopic (exact) mass is 273 g/mol. The number of aliphatic imine (C=N–C) groups is 1. The molecule has 1 aliphatic heterocycles. The van der Waals surface area contributed by atoms with Crippen molar-refractivity contribution in [2.24, 2.45) is 4.99 Å². The first-order valence-corrected chi connectivity index (χ1v) is 7.60. The number of nitrogens with zero attached hydrogens (tertiary/aromatic N) is 1. The Hall–Kier alpha value is -1.64. The molecule has 108 valence electrons.